The summed E-state index contributed by atoms with van der Waals surface area (Å²) in [5.74, 6) is -5.67. The number of carbonyl (C=O) groups excluding carboxylic acids is 9. The fourth-order valence-electron chi connectivity index (χ4n) is 11.5. The van der Waals surface area contributed by atoms with Crippen molar-refractivity contribution < 1.29 is 74.9 Å². The SMILES string of the molecule is C.CC(=O)OC[C@@H](CC(=O)[C@H](Cc1ccc(F)cc1)NC(=O)c1ccc(F)cc1)Cc1ccc(C)cc1.CC(=O)OC[C@@H](CC(=O)[C@H](Cc1ccc(F)cc1)NC(=O)c1ccccc1)Cc1ccc(C)cc1.CC(=O)OC[C@@H](CC(=O)[C@H](Cc1ccccc1)NC(=O)c1ccc(F)cc1)Cc1ccc(C)cc1. The zero-order valence-electron chi connectivity index (χ0n) is 60.3. The molecule has 0 fully saturated rings. The third-order valence-electron chi connectivity index (χ3n) is 17.3. The Morgan fingerprint density at radius 3 is 0.766 bits per heavy atom. The fourth-order valence-corrected chi connectivity index (χ4v) is 11.5. The van der Waals surface area contributed by atoms with Crippen LogP contribution in [-0.4, -0.2) is 90.9 Å². The summed E-state index contributed by atoms with van der Waals surface area (Å²) in [5.41, 5.74) is 9.66. The van der Waals surface area contributed by atoms with Gasteiger partial charge in [-0.2, -0.15) is 0 Å². The van der Waals surface area contributed by atoms with E-state index in [4.69, 9.17) is 14.2 Å². The molecule has 107 heavy (non-hydrogen) atoms. The Labute approximate surface area is 623 Å². The molecule has 0 aliphatic carbocycles. The summed E-state index contributed by atoms with van der Waals surface area (Å²) in [4.78, 5) is 113. The van der Waals surface area contributed by atoms with Gasteiger partial charge in [-0.1, -0.05) is 170 Å². The average Bonchev–Trinajstić information content (AvgIpc) is 0.847. The summed E-state index contributed by atoms with van der Waals surface area (Å²) in [6, 6.07) is 61.2. The number of benzene rings is 9. The molecule has 560 valence electrons. The van der Waals surface area contributed by atoms with E-state index in [0.717, 1.165) is 44.5 Å². The van der Waals surface area contributed by atoms with Gasteiger partial charge in [0, 0.05) is 74.5 Å². The standard InChI is InChI=1S/C29H29F2NO4.2C29H30FNO4.CH4/c1-19-3-5-21(6-4-19)15-23(18-36-20(2)33)17-28(34)27(16-22-7-11-25(30)12-8-22)32-29(35)24-9-13-26(31)14-10-24;1-20-8-10-22(11-9-20)16-24(19-35-21(2)32)18-28(33)27(17-23-12-14-26(30)15-13-23)31-29(34)25-6-4-3-5-7-25;1-20-8-10-23(11-9-20)16-24(19-35-21(2)32)18-28(33)27(17-22-6-4-3-5-7-22)31-29(34)25-12-14-26(30)15-13-25;/h3-14,23,27H,15-18H2,1-2H3,(H,32,35);2*3-15,24,27H,16-19H2,1-2H3,(H,31,34);1H4/t23-,27+;2*24-,27+;/m111./s1. The van der Waals surface area contributed by atoms with Crippen LogP contribution in [0.5, 0.6) is 0 Å². The van der Waals surface area contributed by atoms with Gasteiger partial charge in [0.25, 0.3) is 17.7 Å². The number of hydrogen-bond acceptors (Lipinski definition) is 12. The van der Waals surface area contributed by atoms with Crippen LogP contribution in [0.2, 0.25) is 0 Å². The van der Waals surface area contributed by atoms with Crippen molar-refractivity contribution in [1.29, 1.82) is 0 Å². The highest BCUT2D eigenvalue weighted by atomic mass is 19.1. The number of esters is 3. The van der Waals surface area contributed by atoms with Crippen LogP contribution < -0.4 is 16.0 Å². The molecule has 0 bridgehead atoms. The minimum atomic E-state index is -0.911. The molecule has 0 aromatic heterocycles. The summed E-state index contributed by atoms with van der Waals surface area (Å²) in [7, 11) is 0. The van der Waals surface area contributed by atoms with E-state index >= 15 is 0 Å². The highest BCUT2D eigenvalue weighted by molar-refractivity contribution is 6.00. The lowest BCUT2D eigenvalue weighted by Crippen LogP contribution is -2.43. The van der Waals surface area contributed by atoms with Gasteiger partial charge in [0.1, 0.15) is 23.3 Å². The summed E-state index contributed by atoms with van der Waals surface area (Å²) in [6.45, 7) is 10.2. The zero-order valence-corrected chi connectivity index (χ0v) is 60.3. The minimum absolute atomic E-state index is 0. The molecule has 9 rings (SSSR count). The predicted molar refractivity (Wildman–Crippen MR) is 404 cm³/mol. The van der Waals surface area contributed by atoms with Gasteiger partial charge in [-0.05, 0) is 178 Å². The maximum Gasteiger partial charge on any atom is 0.302 e. The predicted octanol–water partition coefficient (Wildman–Crippen LogP) is 15.3. The molecule has 6 atom stereocenters. The molecule has 0 aliphatic rings. The number of hydrogen-bond donors (Lipinski definition) is 3. The van der Waals surface area contributed by atoms with Gasteiger partial charge < -0.3 is 30.2 Å². The molecular formula is C88H93F4N3O12. The second kappa shape index (κ2) is 43.7. The quantitative estimate of drug-likeness (QED) is 0.0199. The number of aryl methyl sites for hydroxylation is 3. The summed E-state index contributed by atoms with van der Waals surface area (Å²) < 4.78 is 69.1. The van der Waals surface area contributed by atoms with Gasteiger partial charge >= 0.3 is 17.9 Å². The molecule has 0 saturated carbocycles. The normalized spacial score (nSPS) is 12.3. The lowest BCUT2D eigenvalue weighted by molar-refractivity contribution is -0.143. The number of ether oxygens (including phenoxy) is 3. The molecule has 3 N–H and O–H groups in total. The number of Topliss-reactive ketones (excluding diaryl/α,β-unsaturated/α-hetero) is 3. The number of halogens is 4. The molecule has 15 nitrogen and oxygen atoms in total. The molecule has 3 amide bonds. The van der Waals surface area contributed by atoms with Crippen LogP contribution >= 0.6 is 0 Å². The van der Waals surface area contributed by atoms with Crippen LogP contribution in [0.4, 0.5) is 17.6 Å². The molecule has 0 unspecified atom stereocenters. The fraction of sp³-hybridized carbons (Fsp3) is 0.284. The van der Waals surface area contributed by atoms with Crippen molar-refractivity contribution in [3.63, 3.8) is 0 Å². The Morgan fingerprint density at radius 2 is 0.505 bits per heavy atom. The number of nitrogens with one attached hydrogen (secondary N) is 3. The third-order valence-corrected chi connectivity index (χ3v) is 17.3. The lowest BCUT2D eigenvalue weighted by atomic mass is 9.90. The highest BCUT2D eigenvalue weighted by Gasteiger charge is 2.30. The van der Waals surface area contributed by atoms with E-state index in [1.807, 2.05) is 130 Å². The van der Waals surface area contributed by atoms with Crippen LogP contribution in [0, 0.1) is 61.8 Å². The lowest BCUT2D eigenvalue weighted by Gasteiger charge is -2.22. The van der Waals surface area contributed by atoms with Gasteiger partial charge in [-0.3, -0.25) is 43.2 Å². The van der Waals surface area contributed by atoms with Crippen molar-refractivity contribution >= 4 is 53.0 Å². The summed E-state index contributed by atoms with van der Waals surface area (Å²) in [5, 5.41) is 8.42. The molecule has 9 aromatic carbocycles. The van der Waals surface area contributed by atoms with E-state index < -0.39 is 65.3 Å². The number of ketones is 3. The van der Waals surface area contributed by atoms with Gasteiger partial charge in [0.05, 0.1) is 37.9 Å². The monoisotopic (exact) mass is 1460 g/mol. The topological polar surface area (TPSA) is 217 Å². The first-order chi connectivity index (χ1) is 50.8. The Hall–Kier alpha value is -11.5. The van der Waals surface area contributed by atoms with Crippen molar-refractivity contribution in [2.75, 3.05) is 19.8 Å². The van der Waals surface area contributed by atoms with E-state index in [2.05, 4.69) is 16.0 Å². The Morgan fingerprint density at radius 1 is 0.290 bits per heavy atom. The number of carbonyl (C=O) groups is 9. The van der Waals surface area contributed by atoms with E-state index in [1.165, 1.54) is 93.6 Å². The smallest absolute Gasteiger partial charge is 0.302 e. The molecule has 0 radical (unpaired) electrons. The second-order valence-electron chi connectivity index (χ2n) is 26.4. The first-order valence-corrected chi connectivity index (χ1v) is 35.0. The highest BCUT2D eigenvalue weighted by Crippen LogP contribution is 2.23. The van der Waals surface area contributed by atoms with Crippen LogP contribution in [-0.2, 0) is 81.5 Å². The Balaban J connectivity index is 0.000000250. The van der Waals surface area contributed by atoms with Gasteiger partial charge in [0.2, 0.25) is 0 Å². The summed E-state index contributed by atoms with van der Waals surface area (Å²) >= 11 is 0. The first kappa shape index (κ1) is 84.5. The van der Waals surface area contributed by atoms with Crippen LogP contribution in [0.25, 0.3) is 0 Å². The first-order valence-electron chi connectivity index (χ1n) is 35.0. The van der Waals surface area contributed by atoms with E-state index in [0.29, 0.717) is 36.8 Å². The van der Waals surface area contributed by atoms with Gasteiger partial charge in [-0.25, -0.2) is 17.6 Å². The molecule has 0 aliphatic heterocycles. The van der Waals surface area contributed by atoms with Gasteiger partial charge in [0.15, 0.2) is 17.3 Å². The molecule has 0 heterocycles. The Bertz CT molecular complexity index is 4320. The summed E-state index contributed by atoms with van der Waals surface area (Å²) in [6.07, 6.45) is 2.60. The van der Waals surface area contributed by atoms with Crippen LogP contribution in [0.3, 0.4) is 0 Å². The van der Waals surface area contributed by atoms with Crippen LogP contribution in [0.1, 0.15) is 129 Å². The van der Waals surface area contributed by atoms with Crippen molar-refractivity contribution in [3.8, 4) is 0 Å². The maximum absolute atomic E-state index is 13.5. The van der Waals surface area contributed by atoms with Crippen molar-refractivity contribution in [2.45, 2.75) is 125 Å². The molecule has 0 saturated heterocycles. The molecule has 0 spiro atoms. The van der Waals surface area contributed by atoms with Crippen molar-refractivity contribution in [2.24, 2.45) is 17.8 Å². The van der Waals surface area contributed by atoms with E-state index in [9.17, 15) is 60.7 Å². The van der Waals surface area contributed by atoms with E-state index in [-0.39, 0.29) is 117 Å². The number of rotatable bonds is 33. The Kier molecular flexibility index (Phi) is 34.5. The minimum Gasteiger partial charge on any atom is -0.466 e. The third kappa shape index (κ3) is 31.0. The van der Waals surface area contributed by atoms with Gasteiger partial charge in [-0.15, -0.1) is 0 Å². The maximum atomic E-state index is 13.5. The molecule has 9 aromatic rings. The number of amides is 3. The average molecular weight is 1460 g/mol. The molecular weight excluding hydrogens is 1370 g/mol. The largest absolute Gasteiger partial charge is 0.466 e. The second-order valence-corrected chi connectivity index (χ2v) is 26.4. The zero-order chi connectivity index (χ0) is 76.5. The van der Waals surface area contributed by atoms with Crippen molar-refractivity contribution in [3.05, 3.63) is 321 Å². The van der Waals surface area contributed by atoms with E-state index in [1.54, 1.807) is 48.5 Å². The molecule has 19 heteroatoms. The van der Waals surface area contributed by atoms with Crippen LogP contribution in [0.15, 0.2) is 231 Å². The van der Waals surface area contributed by atoms with Crippen molar-refractivity contribution in [1.82, 2.24) is 16.0 Å².